The van der Waals surface area contributed by atoms with Crippen molar-refractivity contribution in [2.45, 2.75) is 32.4 Å². The highest BCUT2D eigenvalue weighted by molar-refractivity contribution is 7.92. The molecule has 0 aliphatic carbocycles. The summed E-state index contributed by atoms with van der Waals surface area (Å²) in [5.41, 5.74) is 1.26. The van der Waals surface area contributed by atoms with Gasteiger partial charge in [-0.05, 0) is 55.3 Å². The molecule has 0 aliphatic rings. The molecule has 32 heavy (non-hydrogen) atoms. The van der Waals surface area contributed by atoms with Crippen LogP contribution in [0.4, 0.5) is 5.69 Å². The maximum atomic E-state index is 13.0. The highest BCUT2D eigenvalue weighted by Gasteiger charge is 2.26. The van der Waals surface area contributed by atoms with Crippen LogP contribution in [-0.4, -0.2) is 51.0 Å². The molecular formula is C22H27Cl2N3O4S. The first kappa shape index (κ1) is 26.0. The molecule has 2 aromatic carbocycles. The molecule has 1 atom stereocenters. The number of sulfonamides is 1. The van der Waals surface area contributed by atoms with Crippen LogP contribution in [0.15, 0.2) is 48.5 Å². The second-order valence-corrected chi connectivity index (χ2v) is 10.1. The van der Waals surface area contributed by atoms with E-state index in [4.69, 9.17) is 23.2 Å². The zero-order valence-corrected chi connectivity index (χ0v) is 20.5. The van der Waals surface area contributed by atoms with Gasteiger partial charge >= 0.3 is 0 Å². The molecule has 2 aromatic rings. The number of anilines is 1. The SMILES string of the molecule is CNC(=O)[C@H](C)N(Cc1cccc(Cl)c1)C(=O)CCCN(c1ccc(Cl)cc1)S(C)(=O)=O. The molecule has 2 rings (SSSR count). The number of carbonyl (C=O) groups excluding carboxylic acids is 2. The van der Waals surface area contributed by atoms with E-state index in [0.29, 0.717) is 15.7 Å². The van der Waals surface area contributed by atoms with E-state index in [0.717, 1.165) is 11.8 Å². The van der Waals surface area contributed by atoms with E-state index >= 15 is 0 Å². The van der Waals surface area contributed by atoms with Crippen molar-refractivity contribution in [1.29, 1.82) is 0 Å². The Morgan fingerprint density at radius 3 is 2.28 bits per heavy atom. The van der Waals surface area contributed by atoms with Crippen molar-refractivity contribution >= 4 is 50.7 Å². The number of amides is 2. The molecule has 10 heteroatoms. The molecule has 0 saturated carbocycles. The molecule has 0 aliphatic heterocycles. The number of hydrogen-bond donors (Lipinski definition) is 1. The van der Waals surface area contributed by atoms with Crippen LogP contribution >= 0.6 is 23.2 Å². The Morgan fingerprint density at radius 1 is 1.06 bits per heavy atom. The first-order valence-electron chi connectivity index (χ1n) is 10.0. The lowest BCUT2D eigenvalue weighted by molar-refractivity contribution is -0.140. The van der Waals surface area contributed by atoms with E-state index in [1.54, 1.807) is 49.4 Å². The Bertz CT molecular complexity index is 1050. The van der Waals surface area contributed by atoms with Crippen molar-refractivity contribution < 1.29 is 18.0 Å². The molecule has 0 bridgehead atoms. The number of rotatable bonds is 10. The molecule has 174 valence electrons. The Balaban J connectivity index is 2.13. The maximum Gasteiger partial charge on any atom is 0.242 e. The number of nitrogens with zero attached hydrogens (tertiary/aromatic N) is 2. The second-order valence-electron chi connectivity index (χ2n) is 7.36. The van der Waals surface area contributed by atoms with Crippen molar-refractivity contribution in [2.75, 3.05) is 24.2 Å². The molecule has 2 amide bonds. The predicted molar refractivity (Wildman–Crippen MR) is 128 cm³/mol. The Hall–Kier alpha value is -2.29. The number of benzene rings is 2. The molecule has 0 aromatic heterocycles. The summed E-state index contributed by atoms with van der Waals surface area (Å²) in [7, 11) is -2.04. The smallest absolute Gasteiger partial charge is 0.242 e. The molecule has 0 fully saturated rings. The van der Waals surface area contributed by atoms with Gasteiger partial charge in [0.1, 0.15) is 6.04 Å². The maximum absolute atomic E-state index is 13.0. The largest absolute Gasteiger partial charge is 0.357 e. The highest BCUT2D eigenvalue weighted by Crippen LogP contribution is 2.21. The van der Waals surface area contributed by atoms with Crippen LogP contribution in [0.25, 0.3) is 0 Å². The minimum Gasteiger partial charge on any atom is -0.357 e. The lowest BCUT2D eigenvalue weighted by Gasteiger charge is -2.29. The normalized spacial score (nSPS) is 12.2. The van der Waals surface area contributed by atoms with E-state index in [1.807, 2.05) is 6.07 Å². The third-order valence-corrected chi connectivity index (χ3v) is 6.60. The van der Waals surface area contributed by atoms with Gasteiger partial charge in [-0.15, -0.1) is 0 Å². The van der Waals surface area contributed by atoms with Gasteiger partial charge in [-0.25, -0.2) is 8.42 Å². The summed E-state index contributed by atoms with van der Waals surface area (Å²) in [6.07, 6.45) is 1.46. The zero-order valence-electron chi connectivity index (χ0n) is 18.2. The van der Waals surface area contributed by atoms with Crippen LogP contribution in [0, 0.1) is 0 Å². The van der Waals surface area contributed by atoms with Gasteiger partial charge < -0.3 is 10.2 Å². The first-order valence-corrected chi connectivity index (χ1v) is 12.6. The Morgan fingerprint density at radius 2 is 1.72 bits per heavy atom. The number of carbonyl (C=O) groups is 2. The van der Waals surface area contributed by atoms with Crippen molar-refractivity contribution in [3.05, 3.63) is 64.1 Å². The fraction of sp³-hybridized carbons (Fsp3) is 0.364. The Labute approximate surface area is 199 Å². The summed E-state index contributed by atoms with van der Waals surface area (Å²) in [6, 6.07) is 12.8. The van der Waals surface area contributed by atoms with Gasteiger partial charge in [0, 0.05) is 36.6 Å². The minimum atomic E-state index is -3.55. The average Bonchev–Trinajstić information content (AvgIpc) is 2.74. The summed E-state index contributed by atoms with van der Waals surface area (Å²) in [6.45, 7) is 1.98. The lowest BCUT2D eigenvalue weighted by Crippen LogP contribution is -2.46. The molecule has 0 unspecified atom stereocenters. The lowest BCUT2D eigenvalue weighted by atomic mass is 10.1. The van der Waals surface area contributed by atoms with E-state index in [-0.39, 0.29) is 37.7 Å². The van der Waals surface area contributed by atoms with E-state index in [9.17, 15) is 18.0 Å². The number of hydrogen-bond acceptors (Lipinski definition) is 4. The number of halogens is 2. The third kappa shape index (κ3) is 7.39. The number of likely N-dealkylation sites (N-methyl/N-ethyl adjacent to an activating group) is 1. The van der Waals surface area contributed by atoms with E-state index < -0.39 is 16.1 Å². The molecule has 0 heterocycles. The molecular weight excluding hydrogens is 473 g/mol. The molecule has 7 nitrogen and oxygen atoms in total. The van der Waals surface area contributed by atoms with Gasteiger partial charge in [0.2, 0.25) is 21.8 Å². The molecule has 0 radical (unpaired) electrons. The van der Waals surface area contributed by atoms with Gasteiger partial charge in [0.05, 0.1) is 11.9 Å². The van der Waals surface area contributed by atoms with Crippen molar-refractivity contribution in [2.24, 2.45) is 0 Å². The molecule has 0 spiro atoms. The zero-order chi connectivity index (χ0) is 23.9. The van der Waals surface area contributed by atoms with Crippen LogP contribution in [0.1, 0.15) is 25.3 Å². The minimum absolute atomic E-state index is 0.0709. The predicted octanol–water partition coefficient (Wildman–Crippen LogP) is 3.70. The highest BCUT2D eigenvalue weighted by atomic mass is 35.5. The topological polar surface area (TPSA) is 86.8 Å². The summed E-state index contributed by atoms with van der Waals surface area (Å²) in [5, 5.41) is 3.59. The van der Waals surface area contributed by atoms with Gasteiger partial charge in [0.15, 0.2) is 0 Å². The van der Waals surface area contributed by atoms with Crippen LogP contribution in [0.3, 0.4) is 0 Å². The van der Waals surface area contributed by atoms with Crippen molar-refractivity contribution in [3.63, 3.8) is 0 Å². The summed E-state index contributed by atoms with van der Waals surface area (Å²) in [4.78, 5) is 26.7. The van der Waals surface area contributed by atoms with Crippen LogP contribution in [0.5, 0.6) is 0 Å². The van der Waals surface area contributed by atoms with Crippen LogP contribution in [-0.2, 0) is 26.2 Å². The van der Waals surface area contributed by atoms with Crippen molar-refractivity contribution in [3.8, 4) is 0 Å². The third-order valence-electron chi connectivity index (χ3n) is 4.92. The van der Waals surface area contributed by atoms with Crippen LogP contribution < -0.4 is 9.62 Å². The fourth-order valence-corrected chi connectivity index (χ4v) is 4.54. The van der Waals surface area contributed by atoms with Gasteiger partial charge in [-0.1, -0.05) is 35.3 Å². The van der Waals surface area contributed by atoms with Gasteiger partial charge in [0.25, 0.3) is 0 Å². The Kier molecular flexibility index (Phi) is 9.36. The average molecular weight is 500 g/mol. The summed E-state index contributed by atoms with van der Waals surface area (Å²) in [5.74, 6) is -0.551. The first-order chi connectivity index (χ1) is 15.0. The monoisotopic (exact) mass is 499 g/mol. The standard InChI is InChI=1S/C22H27Cl2N3O4S/c1-16(22(29)25-2)26(15-17-6-4-7-19(24)14-17)21(28)8-5-13-27(32(3,30)31)20-11-9-18(23)10-12-20/h4,6-7,9-12,14,16H,5,8,13,15H2,1-3H3,(H,25,29)/t16-/m0/s1. The van der Waals surface area contributed by atoms with E-state index in [2.05, 4.69) is 5.32 Å². The van der Waals surface area contributed by atoms with Gasteiger partial charge in [-0.2, -0.15) is 0 Å². The number of nitrogens with one attached hydrogen (secondary N) is 1. The van der Waals surface area contributed by atoms with E-state index in [1.165, 1.54) is 16.3 Å². The van der Waals surface area contributed by atoms with Crippen molar-refractivity contribution in [1.82, 2.24) is 10.2 Å². The quantitative estimate of drug-likeness (QED) is 0.539. The summed E-state index contributed by atoms with van der Waals surface area (Å²) < 4.78 is 25.8. The fourth-order valence-electron chi connectivity index (χ4n) is 3.23. The van der Waals surface area contributed by atoms with Gasteiger partial charge in [-0.3, -0.25) is 13.9 Å². The molecule has 0 saturated heterocycles. The summed E-state index contributed by atoms with van der Waals surface area (Å²) >= 11 is 11.9. The van der Waals surface area contributed by atoms with Crippen LogP contribution in [0.2, 0.25) is 10.0 Å². The second kappa shape index (κ2) is 11.5. The molecule has 1 N–H and O–H groups in total.